The molecule has 4 heteroatoms. The molecule has 0 aromatic heterocycles. The van der Waals surface area contributed by atoms with Gasteiger partial charge in [0.15, 0.2) is 0 Å². The lowest BCUT2D eigenvalue weighted by atomic mass is 9.71. The van der Waals surface area contributed by atoms with Crippen molar-refractivity contribution in [2.45, 2.75) is 142 Å². The molecule has 4 nitrogen and oxygen atoms in total. The first-order valence-electron chi connectivity index (χ1n) is 19.6. The summed E-state index contributed by atoms with van der Waals surface area (Å²) in [6.07, 6.45) is 0.295. The quantitative estimate of drug-likeness (QED) is 0.114. The minimum atomic E-state index is -0.638. The summed E-state index contributed by atoms with van der Waals surface area (Å²) in [7, 11) is 0. The second-order valence-corrected chi connectivity index (χ2v) is 19.8. The molecule has 0 aliphatic carbocycles. The van der Waals surface area contributed by atoms with Gasteiger partial charge in [0.2, 0.25) is 0 Å². The van der Waals surface area contributed by atoms with Crippen LogP contribution in [-0.4, -0.2) is 25.2 Å². The van der Waals surface area contributed by atoms with Crippen molar-refractivity contribution >= 4 is 11.9 Å². The maximum Gasteiger partial charge on any atom is 0.307 e. The number of carbonyl (C=O) groups is 2. The zero-order chi connectivity index (χ0) is 40.3. The topological polar surface area (TPSA) is 52.6 Å². The molecule has 0 atom stereocenters. The molecule has 0 spiro atoms. The molecule has 0 saturated carbocycles. The third-order valence-corrected chi connectivity index (χ3v) is 11.1. The first-order chi connectivity index (χ1) is 24.8. The van der Waals surface area contributed by atoms with Crippen molar-refractivity contribution in [1.82, 2.24) is 0 Å². The highest BCUT2D eigenvalue weighted by molar-refractivity contribution is 5.74. The van der Waals surface area contributed by atoms with Crippen LogP contribution in [0.2, 0.25) is 0 Å². The molecule has 0 aliphatic rings. The zero-order valence-electron chi connectivity index (χ0n) is 35.7. The number of hydrogen-bond acceptors (Lipinski definition) is 4. The number of ether oxygens (including phenoxy) is 2. The fraction of sp³-hybridized carbons (Fsp3) is 0.480. The van der Waals surface area contributed by atoms with E-state index in [0.717, 1.165) is 22.3 Å². The molecule has 0 bridgehead atoms. The van der Waals surface area contributed by atoms with E-state index in [9.17, 15) is 9.59 Å². The van der Waals surface area contributed by atoms with Crippen molar-refractivity contribution in [3.63, 3.8) is 0 Å². The van der Waals surface area contributed by atoms with Crippen LogP contribution in [0.25, 0.3) is 0 Å². The normalized spacial score (nSPS) is 13.1. The summed E-state index contributed by atoms with van der Waals surface area (Å²) in [6.45, 7) is 30.7. The minimum Gasteiger partial charge on any atom is -0.462 e. The van der Waals surface area contributed by atoms with Gasteiger partial charge in [0.1, 0.15) is 13.2 Å². The molecule has 0 saturated heterocycles. The standard InChI is InChI=1S/C50H66O4/c1-45(2,3)35-19-15-23-39(29-35)49(13,40-24-16-20-36(30-40)46(4,5)6)33-43(51)53-27-28-54-44(52)34-50(14,41-25-17-21-37(31-41)47(7,8)9)42-26-18-22-38(32-42)48(10,11)12/h15-26,29-32H,27-28,33-34H2,1-14H3. The van der Waals surface area contributed by atoms with Crippen LogP contribution in [-0.2, 0) is 51.6 Å². The number of esters is 2. The van der Waals surface area contributed by atoms with E-state index >= 15 is 0 Å². The van der Waals surface area contributed by atoms with Gasteiger partial charge in [-0.3, -0.25) is 9.59 Å². The van der Waals surface area contributed by atoms with Crippen molar-refractivity contribution in [2.24, 2.45) is 0 Å². The van der Waals surface area contributed by atoms with E-state index in [4.69, 9.17) is 9.47 Å². The molecule has 4 aromatic carbocycles. The van der Waals surface area contributed by atoms with E-state index in [1.165, 1.54) is 22.3 Å². The first-order valence-corrected chi connectivity index (χ1v) is 19.6. The number of benzene rings is 4. The number of carbonyl (C=O) groups excluding carboxylic acids is 2. The maximum atomic E-state index is 13.7. The SMILES string of the molecule is CC(C)(C)c1cccc(C(C)(CC(=O)OCCOC(=O)CC(C)(c2cccc(C(C)(C)C)c2)c2cccc(C(C)(C)C)c2)c2cccc(C(C)(C)C)c2)c1. The molecule has 0 amide bonds. The van der Waals surface area contributed by atoms with Gasteiger partial charge in [-0.25, -0.2) is 0 Å². The van der Waals surface area contributed by atoms with Crippen LogP contribution in [0.15, 0.2) is 97.1 Å². The molecule has 0 fully saturated rings. The number of rotatable bonds is 11. The highest BCUT2D eigenvalue weighted by Crippen LogP contribution is 2.41. The summed E-state index contributed by atoms with van der Waals surface area (Å²) in [5.74, 6) is -0.669. The Balaban J connectivity index is 1.54. The predicted molar refractivity (Wildman–Crippen MR) is 225 cm³/mol. The zero-order valence-corrected chi connectivity index (χ0v) is 35.7. The Bertz CT molecular complexity index is 1660. The van der Waals surface area contributed by atoms with Gasteiger partial charge in [0.05, 0.1) is 12.8 Å². The highest BCUT2D eigenvalue weighted by atomic mass is 16.6. The average Bonchev–Trinajstić information content (AvgIpc) is 3.09. The van der Waals surface area contributed by atoms with Crippen LogP contribution in [0.5, 0.6) is 0 Å². The molecule has 0 N–H and O–H groups in total. The van der Waals surface area contributed by atoms with Crippen LogP contribution in [0, 0.1) is 0 Å². The van der Waals surface area contributed by atoms with Crippen molar-refractivity contribution in [3.8, 4) is 0 Å². The highest BCUT2D eigenvalue weighted by Gasteiger charge is 2.36. The molecular weight excluding hydrogens is 665 g/mol. The largest absolute Gasteiger partial charge is 0.462 e. The Morgan fingerprint density at radius 1 is 0.370 bits per heavy atom. The Hall–Kier alpha value is -4.18. The summed E-state index contributed by atoms with van der Waals surface area (Å²) < 4.78 is 11.6. The van der Waals surface area contributed by atoms with E-state index < -0.39 is 10.8 Å². The fourth-order valence-electron chi connectivity index (χ4n) is 7.05. The molecular formula is C50H66O4. The van der Waals surface area contributed by atoms with Crippen LogP contribution >= 0.6 is 0 Å². The van der Waals surface area contributed by atoms with Gasteiger partial charge in [-0.1, -0.05) is 194 Å². The molecule has 0 aliphatic heterocycles. The summed E-state index contributed by atoms with van der Waals surface area (Å²) in [4.78, 5) is 27.4. The van der Waals surface area contributed by atoms with E-state index in [0.29, 0.717) is 0 Å². The van der Waals surface area contributed by atoms with Crippen LogP contribution in [0.1, 0.15) is 154 Å². The Kier molecular flexibility index (Phi) is 12.5. The van der Waals surface area contributed by atoms with E-state index in [2.05, 4.69) is 194 Å². The molecule has 54 heavy (non-hydrogen) atoms. The molecule has 0 unspecified atom stereocenters. The van der Waals surface area contributed by atoms with Gasteiger partial charge in [-0.15, -0.1) is 0 Å². The number of hydrogen-bond donors (Lipinski definition) is 0. The van der Waals surface area contributed by atoms with Gasteiger partial charge in [-0.05, 0) is 66.2 Å². The van der Waals surface area contributed by atoms with Crippen molar-refractivity contribution in [1.29, 1.82) is 0 Å². The molecule has 4 aromatic rings. The van der Waals surface area contributed by atoms with Crippen LogP contribution < -0.4 is 0 Å². The summed E-state index contributed by atoms with van der Waals surface area (Å²) in [5, 5.41) is 0. The van der Waals surface area contributed by atoms with Gasteiger partial charge < -0.3 is 9.47 Å². The summed E-state index contributed by atoms with van der Waals surface area (Å²) in [5.41, 5.74) is 7.63. The third-order valence-electron chi connectivity index (χ3n) is 11.1. The van der Waals surface area contributed by atoms with Gasteiger partial charge in [0, 0.05) is 10.8 Å². The van der Waals surface area contributed by atoms with Crippen molar-refractivity contribution < 1.29 is 19.1 Å². The van der Waals surface area contributed by atoms with E-state index in [1.807, 2.05) is 0 Å². The lowest BCUT2D eigenvalue weighted by Crippen LogP contribution is -2.31. The van der Waals surface area contributed by atoms with Gasteiger partial charge in [-0.2, -0.15) is 0 Å². The van der Waals surface area contributed by atoms with Gasteiger partial charge >= 0.3 is 11.9 Å². The third kappa shape index (κ3) is 10.3. The lowest BCUT2D eigenvalue weighted by Gasteiger charge is -2.33. The molecule has 0 heterocycles. The second kappa shape index (κ2) is 15.9. The summed E-state index contributed by atoms with van der Waals surface area (Å²) >= 11 is 0. The second-order valence-electron chi connectivity index (χ2n) is 19.8. The maximum absolute atomic E-state index is 13.7. The monoisotopic (exact) mass is 730 g/mol. The van der Waals surface area contributed by atoms with Gasteiger partial charge in [0.25, 0.3) is 0 Å². The average molecular weight is 731 g/mol. The smallest absolute Gasteiger partial charge is 0.307 e. The predicted octanol–water partition coefficient (Wildman–Crippen LogP) is 12.1. The minimum absolute atomic E-state index is 0.0134. The van der Waals surface area contributed by atoms with Crippen molar-refractivity contribution in [3.05, 3.63) is 142 Å². The Morgan fingerprint density at radius 2 is 0.574 bits per heavy atom. The Morgan fingerprint density at radius 3 is 0.778 bits per heavy atom. The first kappa shape index (κ1) is 42.6. The fourth-order valence-corrected chi connectivity index (χ4v) is 7.05. The van der Waals surface area contributed by atoms with Crippen molar-refractivity contribution in [2.75, 3.05) is 13.2 Å². The molecule has 290 valence electrons. The molecule has 4 rings (SSSR count). The lowest BCUT2D eigenvalue weighted by molar-refractivity contribution is -0.153. The molecule has 0 radical (unpaired) electrons. The van der Waals surface area contributed by atoms with Crippen LogP contribution in [0.3, 0.4) is 0 Å². The Labute approximate surface area is 327 Å². The van der Waals surface area contributed by atoms with E-state index in [-0.39, 0.29) is 59.7 Å². The van der Waals surface area contributed by atoms with E-state index in [1.54, 1.807) is 0 Å². The van der Waals surface area contributed by atoms with Crippen LogP contribution in [0.4, 0.5) is 0 Å². The summed E-state index contributed by atoms with van der Waals surface area (Å²) in [6, 6.07) is 34.3.